The first-order valence-corrected chi connectivity index (χ1v) is 6.77. The van der Waals surface area contributed by atoms with E-state index in [2.05, 4.69) is 0 Å². The van der Waals surface area contributed by atoms with Gasteiger partial charge in [-0.2, -0.15) is 0 Å². The fourth-order valence-corrected chi connectivity index (χ4v) is 2.67. The molecule has 0 bridgehead atoms. The molecular weight excluding hydrogens is 224 g/mol. The minimum Gasteiger partial charge on any atom is -0.478 e. The number of aliphatic carboxylic acids is 1. The van der Waals surface area contributed by atoms with Crippen LogP contribution in [0.5, 0.6) is 0 Å². The first-order valence-electron chi connectivity index (χ1n) is 6.77. The van der Waals surface area contributed by atoms with E-state index in [0.29, 0.717) is 5.57 Å². The smallest absolute Gasteiger partial charge is 0.331 e. The third-order valence-electron chi connectivity index (χ3n) is 3.66. The lowest BCUT2D eigenvalue weighted by Crippen LogP contribution is -2.12. The van der Waals surface area contributed by atoms with E-state index in [1.165, 1.54) is 12.8 Å². The molecule has 0 aliphatic heterocycles. The zero-order chi connectivity index (χ0) is 12.8. The highest BCUT2D eigenvalue weighted by atomic mass is 16.4. The molecule has 1 aromatic rings. The summed E-state index contributed by atoms with van der Waals surface area (Å²) in [7, 11) is 0. The molecule has 0 spiro atoms. The molecule has 1 aromatic carbocycles. The van der Waals surface area contributed by atoms with Crippen molar-refractivity contribution in [3.63, 3.8) is 0 Å². The van der Waals surface area contributed by atoms with Crippen LogP contribution in [0, 0.1) is 5.92 Å². The van der Waals surface area contributed by atoms with Gasteiger partial charge in [0.05, 0.1) is 0 Å². The van der Waals surface area contributed by atoms with Crippen molar-refractivity contribution in [1.82, 2.24) is 0 Å². The zero-order valence-electron chi connectivity index (χ0n) is 10.6. The van der Waals surface area contributed by atoms with Crippen molar-refractivity contribution >= 4 is 12.0 Å². The minimum absolute atomic E-state index is 0.227. The van der Waals surface area contributed by atoms with Gasteiger partial charge in [-0.1, -0.05) is 56.0 Å². The van der Waals surface area contributed by atoms with E-state index in [1.807, 2.05) is 36.4 Å². The van der Waals surface area contributed by atoms with Crippen LogP contribution in [0.3, 0.4) is 0 Å². The summed E-state index contributed by atoms with van der Waals surface area (Å²) in [5.74, 6) is -0.532. The molecule has 0 atom stereocenters. The number of carbonyl (C=O) groups is 1. The lowest BCUT2D eigenvalue weighted by molar-refractivity contribution is -0.133. The summed E-state index contributed by atoms with van der Waals surface area (Å²) < 4.78 is 0. The van der Waals surface area contributed by atoms with Gasteiger partial charge in [-0.05, 0) is 30.4 Å². The third-order valence-corrected chi connectivity index (χ3v) is 3.66. The van der Waals surface area contributed by atoms with Gasteiger partial charge in [0.1, 0.15) is 0 Å². The molecule has 96 valence electrons. The van der Waals surface area contributed by atoms with Crippen LogP contribution >= 0.6 is 0 Å². The van der Waals surface area contributed by atoms with E-state index in [1.54, 1.807) is 0 Å². The second kappa shape index (κ2) is 6.39. The molecule has 18 heavy (non-hydrogen) atoms. The molecule has 1 N–H and O–H groups in total. The molecule has 2 nitrogen and oxygen atoms in total. The fourth-order valence-electron chi connectivity index (χ4n) is 2.67. The summed E-state index contributed by atoms with van der Waals surface area (Å²) in [6.07, 6.45) is 8.69. The molecule has 1 fully saturated rings. The van der Waals surface area contributed by atoms with E-state index >= 15 is 0 Å². The van der Waals surface area contributed by atoms with Crippen molar-refractivity contribution in [1.29, 1.82) is 0 Å². The Bertz CT molecular complexity index is 412. The SMILES string of the molecule is O=C(O)/C(=C\c1ccccc1)C1CCCCCC1. The van der Waals surface area contributed by atoms with Crippen LogP contribution in [-0.4, -0.2) is 11.1 Å². The van der Waals surface area contributed by atoms with Gasteiger partial charge in [0.15, 0.2) is 0 Å². The molecule has 0 heterocycles. The third kappa shape index (κ3) is 3.46. The Morgan fingerprint density at radius 1 is 1.06 bits per heavy atom. The number of rotatable bonds is 3. The molecule has 0 unspecified atom stereocenters. The lowest BCUT2D eigenvalue weighted by Gasteiger charge is -2.15. The second-order valence-corrected chi connectivity index (χ2v) is 5.00. The van der Waals surface area contributed by atoms with Crippen LogP contribution in [-0.2, 0) is 4.79 Å². The van der Waals surface area contributed by atoms with E-state index in [4.69, 9.17) is 0 Å². The molecule has 0 aromatic heterocycles. The fraction of sp³-hybridized carbons (Fsp3) is 0.438. The molecule has 2 rings (SSSR count). The number of benzene rings is 1. The van der Waals surface area contributed by atoms with Gasteiger partial charge in [0, 0.05) is 5.57 Å². The second-order valence-electron chi connectivity index (χ2n) is 5.00. The van der Waals surface area contributed by atoms with Gasteiger partial charge >= 0.3 is 5.97 Å². The van der Waals surface area contributed by atoms with Gasteiger partial charge in [-0.25, -0.2) is 4.79 Å². The summed E-state index contributed by atoms with van der Waals surface area (Å²) in [5.41, 5.74) is 1.57. The minimum atomic E-state index is -0.759. The average Bonchev–Trinajstić information content (AvgIpc) is 2.65. The van der Waals surface area contributed by atoms with Gasteiger partial charge < -0.3 is 5.11 Å². The van der Waals surface area contributed by atoms with Crippen LogP contribution in [0.25, 0.3) is 6.08 Å². The molecule has 1 aliphatic carbocycles. The maximum Gasteiger partial charge on any atom is 0.331 e. The Balaban J connectivity index is 2.22. The average molecular weight is 244 g/mol. The maximum absolute atomic E-state index is 11.4. The predicted molar refractivity (Wildman–Crippen MR) is 73.2 cm³/mol. The molecule has 1 saturated carbocycles. The number of carboxylic acids is 1. The van der Waals surface area contributed by atoms with Gasteiger partial charge in [0.2, 0.25) is 0 Å². The Morgan fingerprint density at radius 2 is 1.67 bits per heavy atom. The summed E-state index contributed by atoms with van der Waals surface area (Å²) in [4.78, 5) is 11.4. The molecular formula is C16H20O2. The molecule has 0 saturated heterocycles. The standard InChI is InChI=1S/C16H20O2/c17-16(18)15(12-13-8-4-3-5-9-13)14-10-6-1-2-7-11-14/h3-5,8-9,12,14H,1-2,6-7,10-11H2,(H,17,18)/b15-12-. The summed E-state index contributed by atoms with van der Waals surface area (Å²) in [6, 6.07) is 9.75. The Hall–Kier alpha value is -1.57. The van der Waals surface area contributed by atoms with Crippen LogP contribution < -0.4 is 0 Å². The highest BCUT2D eigenvalue weighted by Crippen LogP contribution is 2.30. The summed E-state index contributed by atoms with van der Waals surface area (Å²) in [6.45, 7) is 0. The highest BCUT2D eigenvalue weighted by molar-refractivity contribution is 5.92. The summed E-state index contributed by atoms with van der Waals surface area (Å²) in [5, 5.41) is 9.41. The molecule has 0 radical (unpaired) electrons. The maximum atomic E-state index is 11.4. The largest absolute Gasteiger partial charge is 0.478 e. The van der Waals surface area contributed by atoms with E-state index in [9.17, 15) is 9.90 Å². The lowest BCUT2D eigenvalue weighted by atomic mass is 9.90. The van der Waals surface area contributed by atoms with Crippen molar-refractivity contribution in [3.8, 4) is 0 Å². The topological polar surface area (TPSA) is 37.3 Å². The van der Waals surface area contributed by atoms with E-state index in [-0.39, 0.29) is 5.92 Å². The monoisotopic (exact) mass is 244 g/mol. The van der Waals surface area contributed by atoms with Crippen molar-refractivity contribution in [2.24, 2.45) is 5.92 Å². The van der Waals surface area contributed by atoms with Crippen LogP contribution in [0.4, 0.5) is 0 Å². The zero-order valence-corrected chi connectivity index (χ0v) is 10.6. The normalized spacial score (nSPS) is 18.3. The van der Waals surface area contributed by atoms with E-state index < -0.39 is 5.97 Å². The molecule has 1 aliphatic rings. The van der Waals surface area contributed by atoms with Crippen LogP contribution in [0.2, 0.25) is 0 Å². The van der Waals surface area contributed by atoms with Gasteiger partial charge in [-0.15, -0.1) is 0 Å². The van der Waals surface area contributed by atoms with Crippen molar-refractivity contribution in [2.75, 3.05) is 0 Å². The first-order chi connectivity index (χ1) is 8.77. The molecule has 2 heteroatoms. The first kappa shape index (κ1) is 12.9. The predicted octanol–water partition coefficient (Wildman–Crippen LogP) is 4.13. The van der Waals surface area contributed by atoms with Crippen molar-refractivity contribution in [3.05, 3.63) is 41.5 Å². The summed E-state index contributed by atoms with van der Waals surface area (Å²) >= 11 is 0. The molecule has 0 amide bonds. The van der Waals surface area contributed by atoms with Crippen LogP contribution in [0.15, 0.2) is 35.9 Å². The highest BCUT2D eigenvalue weighted by Gasteiger charge is 2.21. The number of carboxylic acid groups (broad SMARTS) is 1. The van der Waals surface area contributed by atoms with E-state index in [0.717, 1.165) is 31.2 Å². The van der Waals surface area contributed by atoms with Gasteiger partial charge in [-0.3, -0.25) is 0 Å². The van der Waals surface area contributed by atoms with Crippen LogP contribution in [0.1, 0.15) is 44.1 Å². The quantitative estimate of drug-likeness (QED) is 0.641. The Labute approximate surface area is 108 Å². The number of hydrogen-bond acceptors (Lipinski definition) is 1. The van der Waals surface area contributed by atoms with Crippen molar-refractivity contribution < 1.29 is 9.90 Å². The Morgan fingerprint density at radius 3 is 2.22 bits per heavy atom. The van der Waals surface area contributed by atoms with Crippen molar-refractivity contribution in [2.45, 2.75) is 38.5 Å². The Kier molecular flexibility index (Phi) is 4.57. The van der Waals surface area contributed by atoms with Gasteiger partial charge in [0.25, 0.3) is 0 Å². The number of hydrogen-bond donors (Lipinski definition) is 1.